The van der Waals surface area contributed by atoms with Crippen LogP contribution in [0.4, 0.5) is 40.8 Å². The fourth-order valence-electron chi connectivity index (χ4n) is 4.20. The molecule has 1 fully saturated rings. The molecule has 19 heteroatoms. The van der Waals surface area contributed by atoms with Crippen LogP contribution in [0.2, 0.25) is 0 Å². The van der Waals surface area contributed by atoms with Crippen molar-refractivity contribution in [1.82, 2.24) is 24.8 Å². The number of imidazole rings is 1. The van der Waals surface area contributed by atoms with Crippen LogP contribution in [0.5, 0.6) is 11.6 Å². The standard InChI is InChI=1S/C25H26F8N6O4S/c1-13-6-18(42-11-24(28,29)30)21(22(34-13)43-12-25(31,32)33)37-19(40)9-38-2-4-39(5-3-38)10-20(41)44-23-35-16-7-14(26)15(27)8-17(16)36-23/h6-8,20,41H,2-5,9-12H2,1H3,(H,35,36)(H,37,40). The Morgan fingerprint density at radius 2 is 1.61 bits per heavy atom. The molecular formula is C25H26F8N6O4S. The van der Waals surface area contributed by atoms with Crippen molar-refractivity contribution in [1.29, 1.82) is 0 Å². The Kier molecular flexibility index (Phi) is 10.4. The Morgan fingerprint density at radius 1 is 1.00 bits per heavy atom. The molecule has 2 aromatic heterocycles. The molecule has 242 valence electrons. The van der Waals surface area contributed by atoms with E-state index in [9.17, 15) is 45.0 Å². The predicted molar refractivity (Wildman–Crippen MR) is 141 cm³/mol. The highest BCUT2D eigenvalue weighted by Crippen LogP contribution is 2.36. The smallest absolute Gasteiger partial charge is 0.422 e. The van der Waals surface area contributed by atoms with Gasteiger partial charge in [-0.3, -0.25) is 14.6 Å². The second-order valence-corrected chi connectivity index (χ2v) is 10.9. The van der Waals surface area contributed by atoms with E-state index >= 15 is 0 Å². The number of anilines is 1. The molecule has 1 saturated heterocycles. The van der Waals surface area contributed by atoms with Gasteiger partial charge in [-0.1, -0.05) is 11.8 Å². The minimum absolute atomic E-state index is 0.00284. The summed E-state index contributed by atoms with van der Waals surface area (Å²) in [4.78, 5) is 27.1. The maximum absolute atomic E-state index is 13.4. The number of halogens is 8. The highest BCUT2D eigenvalue weighted by atomic mass is 32.2. The van der Waals surface area contributed by atoms with Crippen LogP contribution in [0.15, 0.2) is 23.4 Å². The van der Waals surface area contributed by atoms with Crippen molar-refractivity contribution in [3.05, 3.63) is 35.5 Å². The Morgan fingerprint density at radius 3 is 2.27 bits per heavy atom. The van der Waals surface area contributed by atoms with E-state index in [4.69, 9.17) is 4.74 Å². The van der Waals surface area contributed by atoms with Crippen molar-refractivity contribution >= 4 is 34.4 Å². The van der Waals surface area contributed by atoms with Gasteiger partial charge in [0.2, 0.25) is 11.8 Å². The number of aromatic nitrogens is 3. The average Bonchev–Trinajstić information content (AvgIpc) is 3.28. The number of aliphatic hydroxyl groups is 1. The zero-order valence-electron chi connectivity index (χ0n) is 22.9. The molecule has 1 atom stereocenters. The van der Waals surface area contributed by atoms with E-state index in [1.54, 1.807) is 4.90 Å². The first-order chi connectivity index (χ1) is 20.5. The minimum atomic E-state index is -4.78. The van der Waals surface area contributed by atoms with E-state index < -0.39 is 65.9 Å². The number of nitrogens with one attached hydrogen (secondary N) is 2. The van der Waals surface area contributed by atoms with Gasteiger partial charge in [0.25, 0.3) is 0 Å². The third kappa shape index (κ3) is 9.80. The van der Waals surface area contributed by atoms with Crippen molar-refractivity contribution < 1.29 is 54.5 Å². The number of hydrogen-bond acceptors (Lipinski definition) is 9. The molecule has 3 aromatic rings. The van der Waals surface area contributed by atoms with Gasteiger partial charge in [0.1, 0.15) is 11.1 Å². The van der Waals surface area contributed by atoms with Gasteiger partial charge in [-0.2, -0.15) is 26.3 Å². The molecule has 0 bridgehead atoms. The zero-order chi connectivity index (χ0) is 32.2. The third-order valence-electron chi connectivity index (χ3n) is 6.10. The number of carbonyl (C=O) groups is 1. The van der Waals surface area contributed by atoms with Crippen LogP contribution in [0.1, 0.15) is 5.69 Å². The van der Waals surface area contributed by atoms with Gasteiger partial charge < -0.3 is 24.9 Å². The van der Waals surface area contributed by atoms with Crippen LogP contribution in [0.25, 0.3) is 11.0 Å². The molecule has 1 amide bonds. The molecular weight excluding hydrogens is 632 g/mol. The number of piperazine rings is 1. The van der Waals surface area contributed by atoms with Crippen molar-refractivity contribution in [3.63, 3.8) is 0 Å². The molecule has 0 spiro atoms. The Balaban J connectivity index is 1.32. The molecule has 0 radical (unpaired) electrons. The molecule has 1 aliphatic heterocycles. The van der Waals surface area contributed by atoms with E-state index in [0.717, 1.165) is 30.0 Å². The maximum Gasteiger partial charge on any atom is 0.422 e. The van der Waals surface area contributed by atoms with E-state index in [0.29, 0.717) is 26.2 Å². The number of thioether (sulfide) groups is 1. The number of benzene rings is 1. The molecule has 1 unspecified atom stereocenters. The number of aromatic amines is 1. The number of β-amino-alcohol motifs (C(OH)–C–C–N with tert-alkyl or cyclic N) is 1. The molecule has 0 saturated carbocycles. The van der Waals surface area contributed by atoms with Crippen LogP contribution >= 0.6 is 11.8 Å². The summed E-state index contributed by atoms with van der Waals surface area (Å²) in [7, 11) is 0. The quantitative estimate of drug-likeness (QED) is 0.159. The lowest BCUT2D eigenvalue weighted by atomic mass is 10.3. The van der Waals surface area contributed by atoms with Crippen LogP contribution in [-0.2, 0) is 4.79 Å². The van der Waals surface area contributed by atoms with Crippen LogP contribution < -0.4 is 14.8 Å². The number of aryl methyl sites for hydroxylation is 1. The SMILES string of the molecule is Cc1cc(OCC(F)(F)F)c(NC(=O)CN2CCN(CC(O)Sc3nc4cc(F)c(F)cc4[nH]3)CC2)c(OCC(F)(F)F)n1. The monoisotopic (exact) mass is 658 g/mol. The zero-order valence-corrected chi connectivity index (χ0v) is 23.7. The number of pyridine rings is 1. The molecule has 3 N–H and O–H groups in total. The highest BCUT2D eigenvalue weighted by Gasteiger charge is 2.32. The molecule has 0 aliphatic carbocycles. The molecule has 3 heterocycles. The number of nitrogens with zero attached hydrogens (tertiary/aromatic N) is 4. The first-order valence-corrected chi connectivity index (χ1v) is 13.8. The summed E-state index contributed by atoms with van der Waals surface area (Å²) >= 11 is 0.956. The van der Waals surface area contributed by atoms with E-state index in [1.165, 1.54) is 6.92 Å². The summed E-state index contributed by atoms with van der Waals surface area (Å²) < 4.78 is 113. The van der Waals surface area contributed by atoms with Crippen molar-refractivity contribution in [3.8, 4) is 11.6 Å². The summed E-state index contributed by atoms with van der Waals surface area (Å²) in [6.07, 6.45) is -9.54. The van der Waals surface area contributed by atoms with Crippen LogP contribution in [0, 0.1) is 18.6 Å². The topological polar surface area (TPSA) is 116 Å². The number of ether oxygens (including phenoxy) is 2. The summed E-state index contributed by atoms with van der Waals surface area (Å²) in [5, 5.41) is 13.0. The number of hydrogen-bond donors (Lipinski definition) is 3. The second kappa shape index (κ2) is 13.7. The van der Waals surface area contributed by atoms with Gasteiger partial charge in [-0.05, 0) is 6.92 Å². The number of amides is 1. The van der Waals surface area contributed by atoms with Gasteiger partial charge in [0.15, 0.2) is 35.8 Å². The Hall–Kier alpha value is -3.42. The van der Waals surface area contributed by atoms with Crippen LogP contribution in [-0.4, -0.2) is 106 Å². The number of aliphatic hydroxyl groups excluding tert-OH is 1. The molecule has 4 rings (SSSR count). The summed E-state index contributed by atoms with van der Waals surface area (Å²) in [6, 6.07) is 2.94. The fourth-order valence-corrected chi connectivity index (χ4v) is 5.06. The van der Waals surface area contributed by atoms with Crippen molar-refractivity contribution in [2.24, 2.45) is 0 Å². The Bertz CT molecular complexity index is 1380. The summed E-state index contributed by atoms with van der Waals surface area (Å²) in [5.41, 5.74) is -1.06. The fraction of sp³-hybridized carbons (Fsp3) is 0.480. The van der Waals surface area contributed by atoms with Gasteiger partial charge >= 0.3 is 12.4 Å². The average molecular weight is 659 g/mol. The Labute approximate surface area is 248 Å². The largest absolute Gasteiger partial charge is 0.482 e. The predicted octanol–water partition coefficient (Wildman–Crippen LogP) is 4.09. The number of H-pyrrole nitrogens is 1. The molecule has 1 aliphatic rings. The minimum Gasteiger partial charge on any atom is -0.482 e. The van der Waals surface area contributed by atoms with E-state index in [1.807, 2.05) is 4.90 Å². The van der Waals surface area contributed by atoms with Crippen molar-refractivity contribution in [2.45, 2.75) is 29.9 Å². The molecule has 10 nitrogen and oxygen atoms in total. The summed E-state index contributed by atoms with van der Waals surface area (Å²) in [6.45, 7) is -0.824. The van der Waals surface area contributed by atoms with Gasteiger partial charge in [-0.25, -0.2) is 18.7 Å². The molecule has 1 aromatic carbocycles. The van der Waals surface area contributed by atoms with Gasteiger partial charge in [0.05, 0.1) is 17.6 Å². The summed E-state index contributed by atoms with van der Waals surface area (Å²) in [5.74, 6) is -4.15. The normalized spacial score (nSPS) is 15.9. The van der Waals surface area contributed by atoms with Crippen LogP contribution in [0.3, 0.4) is 0 Å². The van der Waals surface area contributed by atoms with Gasteiger partial charge in [-0.15, -0.1) is 0 Å². The highest BCUT2D eigenvalue weighted by molar-refractivity contribution is 7.99. The lowest BCUT2D eigenvalue weighted by molar-refractivity contribution is -0.154. The van der Waals surface area contributed by atoms with E-state index in [-0.39, 0.29) is 35.0 Å². The first-order valence-electron chi connectivity index (χ1n) is 12.9. The van der Waals surface area contributed by atoms with E-state index in [2.05, 4.69) is 25.0 Å². The molecule has 44 heavy (non-hydrogen) atoms. The number of fused-ring (bicyclic) bond motifs is 1. The lowest BCUT2D eigenvalue weighted by Gasteiger charge is -2.35. The second-order valence-electron chi connectivity index (χ2n) is 9.77. The number of carbonyl (C=O) groups excluding carboxylic acids is 1. The third-order valence-corrected chi connectivity index (χ3v) is 6.94. The maximum atomic E-state index is 13.4. The first kappa shape index (κ1) is 33.5. The number of rotatable bonds is 11. The number of alkyl halides is 6. The lowest BCUT2D eigenvalue weighted by Crippen LogP contribution is -2.50. The van der Waals surface area contributed by atoms with Crippen molar-refractivity contribution in [2.75, 3.05) is 57.8 Å². The van der Waals surface area contributed by atoms with Gasteiger partial charge in [0, 0.05) is 56.6 Å².